The Balaban J connectivity index is 1.79. The molecule has 0 aliphatic carbocycles. The lowest BCUT2D eigenvalue weighted by molar-refractivity contribution is 0.475. The van der Waals surface area contributed by atoms with Crippen LogP contribution in [0.2, 0.25) is 0 Å². The van der Waals surface area contributed by atoms with Gasteiger partial charge in [0.1, 0.15) is 5.75 Å². The molecular formula is C21H23N3OS. The number of nitrogens with zero attached hydrogens (tertiary/aromatic N) is 3. The zero-order valence-electron chi connectivity index (χ0n) is 15.6. The summed E-state index contributed by atoms with van der Waals surface area (Å²) >= 11 is 1.51. The average Bonchev–Trinajstić information content (AvgIpc) is 3.12. The summed E-state index contributed by atoms with van der Waals surface area (Å²) in [6, 6.07) is 14.2. The molecule has 0 saturated heterocycles. The van der Waals surface area contributed by atoms with Crippen LogP contribution in [0.4, 0.5) is 5.69 Å². The Morgan fingerprint density at radius 3 is 2.65 bits per heavy atom. The van der Waals surface area contributed by atoms with Gasteiger partial charge in [-0.25, -0.2) is 9.98 Å². The van der Waals surface area contributed by atoms with Crippen LogP contribution in [0.25, 0.3) is 11.3 Å². The predicted molar refractivity (Wildman–Crippen MR) is 110 cm³/mol. The zero-order valence-corrected chi connectivity index (χ0v) is 16.4. The fourth-order valence-electron chi connectivity index (χ4n) is 2.41. The van der Waals surface area contributed by atoms with Gasteiger partial charge in [0.15, 0.2) is 0 Å². The van der Waals surface area contributed by atoms with Crippen molar-refractivity contribution >= 4 is 23.4 Å². The number of thiazole rings is 1. The second-order valence-corrected chi connectivity index (χ2v) is 7.01. The van der Waals surface area contributed by atoms with Gasteiger partial charge < -0.3 is 9.64 Å². The molecule has 134 valence electrons. The summed E-state index contributed by atoms with van der Waals surface area (Å²) in [6.07, 6.45) is 1.86. The van der Waals surface area contributed by atoms with Crippen molar-refractivity contribution in [2.24, 2.45) is 4.99 Å². The van der Waals surface area contributed by atoms with E-state index in [-0.39, 0.29) is 0 Å². The van der Waals surface area contributed by atoms with Crippen molar-refractivity contribution in [2.45, 2.75) is 20.8 Å². The Morgan fingerprint density at radius 2 is 1.92 bits per heavy atom. The van der Waals surface area contributed by atoms with E-state index in [1.807, 2.05) is 73.9 Å². The maximum Gasteiger partial charge on any atom is 0.279 e. The molecule has 1 aromatic heterocycles. The Morgan fingerprint density at radius 1 is 1.15 bits per heavy atom. The molecule has 0 aliphatic heterocycles. The molecule has 0 spiro atoms. The Bertz CT molecular complexity index is 903. The minimum absolute atomic E-state index is 0.647. The molecule has 0 bridgehead atoms. The number of hydrogen-bond acceptors (Lipinski definition) is 4. The lowest BCUT2D eigenvalue weighted by Gasteiger charge is -2.11. The quantitative estimate of drug-likeness (QED) is 0.407. The zero-order chi connectivity index (χ0) is 18.5. The number of hydrogen-bond donors (Lipinski definition) is 0. The van der Waals surface area contributed by atoms with Crippen molar-refractivity contribution in [1.29, 1.82) is 0 Å². The van der Waals surface area contributed by atoms with Gasteiger partial charge in [0, 0.05) is 24.5 Å². The van der Waals surface area contributed by atoms with Gasteiger partial charge in [0.25, 0.3) is 5.19 Å². The second kappa shape index (κ2) is 8.15. The number of benzene rings is 2. The molecule has 3 aromatic rings. The van der Waals surface area contributed by atoms with Gasteiger partial charge in [-0.3, -0.25) is 0 Å². The highest BCUT2D eigenvalue weighted by Crippen LogP contribution is 2.34. The molecule has 0 fully saturated rings. The van der Waals surface area contributed by atoms with E-state index in [1.54, 1.807) is 0 Å². The molecule has 26 heavy (non-hydrogen) atoms. The van der Waals surface area contributed by atoms with Gasteiger partial charge >= 0.3 is 0 Å². The van der Waals surface area contributed by atoms with Gasteiger partial charge in [0.2, 0.25) is 0 Å². The van der Waals surface area contributed by atoms with Gasteiger partial charge in [-0.05, 0) is 44.0 Å². The summed E-state index contributed by atoms with van der Waals surface area (Å²) in [7, 11) is 2.01. The van der Waals surface area contributed by atoms with E-state index in [9.17, 15) is 0 Å². The molecule has 0 unspecified atom stereocenters. The monoisotopic (exact) mass is 365 g/mol. The topological polar surface area (TPSA) is 37.7 Å². The highest BCUT2D eigenvalue weighted by Gasteiger charge is 2.10. The summed E-state index contributed by atoms with van der Waals surface area (Å²) < 4.78 is 6.04. The van der Waals surface area contributed by atoms with Gasteiger partial charge in [-0.1, -0.05) is 41.7 Å². The SMILES string of the molecule is CCN(C)/C=N/c1cc(C)c(Oc2nc(-c3ccccc3)cs2)cc1C. The first kappa shape index (κ1) is 18.1. The summed E-state index contributed by atoms with van der Waals surface area (Å²) in [6.45, 7) is 7.10. The van der Waals surface area contributed by atoms with Crippen LogP contribution in [0.5, 0.6) is 10.9 Å². The van der Waals surface area contributed by atoms with Crippen LogP contribution in [0.1, 0.15) is 18.1 Å². The first-order chi connectivity index (χ1) is 12.6. The van der Waals surface area contributed by atoms with Crippen LogP contribution in [0.15, 0.2) is 52.8 Å². The van der Waals surface area contributed by atoms with Crippen molar-refractivity contribution in [1.82, 2.24) is 9.88 Å². The second-order valence-electron chi connectivity index (χ2n) is 6.19. The van der Waals surface area contributed by atoms with Gasteiger partial charge in [0.05, 0.1) is 17.7 Å². The fourth-order valence-corrected chi connectivity index (χ4v) is 3.10. The number of aliphatic imine (C=N–C) groups is 1. The predicted octanol–water partition coefficient (Wildman–Crippen LogP) is 5.83. The van der Waals surface area contributed by atoms with E-state index >= 15 is 0 Å². The average molecular weight is 366 g/mol. The van der Waals surface area contributed by atoms with Crippen molar-refractivity contribution in [2.75, 3.05) is 13.6 Å². The normalized spacial score (nSPS) is 11.1. The van der Waals surface area contributed by atoms with Gasteiger partial charge in [-0.2, -0.15) is 0 Å². The van der Waals surface area contributed by atoms with Crippen LogP contribution < -0.4 is 4.74 Å². The molecule has 0 aliphatic rings. The Kier molecular flexibility index (Phi) is 5.68. The Hall–Kier alpha value is -2.66. The van der Waals surface area contributed by atoms with E-state index in [0.29, 0.717) is 5.19 Å². The minimum atomic E-state index is 0.647. The third kappa shape index (κ3) is 4.29. The van der Waals surface area contributed by atoms with Crippen LogP contribution in [0, 0.1) is 13.8 Å². The molecule has 0 N–H and O–H groups in total. The molecule has 0 saturated carbocycles. The van der Waals surface area contributed by atoms with E-state index in [1.165, 1.54) is 11.3 Å². The lowest BCUT2D eigenvalue weighted by Crippen LogP contribution is -2.14. The third-order valence-electron chi connectivity index (χ3n) is 4.14. The molecule has 0 radical (unpaired) electrons. The molecule has 4 nitrogen and oxygen atoms in total. The third-order valence-corrected chi connectivity index (χ3v) is 4.85. The van der Waals surface area contributed by atoms with E-state index in [0.717, 1.165) is 40.4 Å². The molecule has 0 amide bonds. The maximum absolute atomic E-state index is 6.04. The highest BCUT2D eigenvalue weighted by molar-refractivity contribution is 7.11. The Labute approximate surface area is 158 Å². The van der Waals surface area contributed by atoms with Crippen molar-refractivity contribution in [3.63, 3.8) is 0 Å². The molecule has 3 rings (SSSR count). The number of aromatic nitrogens is 1. The smallest absolute Gasteiger partial charge is 0.279 e. The molecule has 5 heteroatoms. The standard InChI is InChI=1S/C21H23N3OS/c1-5-24(4)14-22-18-11-16(3)20(12-15(18)2)25-21-23-19(13-26-21)17-9-7-6-8-10-17/h6-14H,5H2,1-4H3/b22-14+. The molecule has 0 atom stereocenters. The van der Waals surface area contributed by atoms with Crippen LogP contribution in [-0.2, 0) is 0 Å². The van der Waals surface area contributed by atoms with E-state index in [4.69, 9.17) is 4.74 Å². The first-order valence-electron chi connectivity index (χ1n) is 8.61. The lowest BCUT2D eigenvalue weighted by atomic mass is 10.1. The summed E-state index contributed by atoms with van der Waals surface area (Å²) in [5.74, 6) is 0.819. The van der Waals surface area contributed by atoms with Crippen molar-refractivity contribution in [3.8, 4) is 22.2 Å². The van der Waals surface area contributed by atoms with Crippen LogP contribution in [0.3, 0.4) is 0 Å². The maximum atomic E-state index is 6.04. The highest BCUT2D eigenvalue weighted by atomic mass is 32.1. The molecular weight excluding hydrogens is 342 g/mol. The van der Waals surface area contributed by atoms with E-state index < -0.39 is 0 Å². The summed E-state index contributed by atoms with van der Waals surface area (Å²) in [4.78, 5) is 11.2. The number of rotatable bonds is 6. The summed E-state index contributed by atoms with van der Waals surface area (Å²) in [5.41, 5.74) is 5.10. The fraction of sp³-hybridized carbons (Fsp3) is 0.238. The number of ether oxygens (including phenoxy) is 1. The number of aryl methyl sites for hydroxylation is 2. The minimum Gasteiger partial charge on any atom is -0.431 e. The van der Waals surface area contributed by atoms with Crippen LogP contribution in [-0.4, -0.2) is 29.8 Å². The first-order valence-corrected chi connectivity index (χ1v) is 9.49. The molecule has 1 heterocycles. The van der Waals surface area contributed by atoms with E-state index in [2.05, 4.69) is 23.0 Å². The van der Waals surface area contributed by atoms with Crippen LogP contribution >= 0.6 is 11.3 Å². The largest absolute Gasteiger partial charge is 0.431 e. The van der Waals surface area contributed by atoms with Crippen molar-refractivity contribution < 1.29 is 4.74 Å². The summed E-state index contributed by atoms with van der Waals surface area (Å²) in [5, 5.41) is 2.67. The van der Waals surface area contributed by atoms with Gasteiger partial charge in [-0.15, -0.1) is 0 Å². The molecule has 2 aromatic carbocycles. The van der Waals surface area contributed by atoms with Crippen molar-refractivity contribution in [3.05, 3.63) is 59.0 Å².